The second kappa shape index (κ2) is 50.0. The smallest absolute Gasteiger partial charge is 0.0577 e. The minimum atomic E-state index is 0.956. The Bertz CT molecular complexity index is 8990. The van der Waals surface area contributed by atoms with E-state index in [2.05, 4.69) is 398 Å². The van der Waals surface area contributed by atoms with Crippen LogP contribution in [0.25, 0.3) is 229 Å². The Morgan fingerprint density at radius 2 is 0.419 bits per heavy atom. The van der Waals surface area contributed by atoms with Gasteiger partial charge in [0.15, 0.2) is 0 Å². The quantitative estimate of drug-likeness (QED) is 0.157. The predicted octanol–water partition coefficient (Wildman–Crippen LogP) is 44.2. The van der Waals surface area contributed by atoms with E-state index in [-0.39, 0.29) is 0 Å². The van der Waals surface area contributed by atoms with Crippen molar-refractivity contribution >= 4 is 184 Å². The van der Waals surface area contributed by atoms with Gasteiger partial charge in [0.25, 0.3) is 0 Å². The lowest BCUT2D eigenvalue weighted by atomic mass is 9.89. The van der Waals surface area contributed by atoms with E-state index in [0.717, 1.165) is 51.9 Å². The maximum Gasteiger partial charge on any atom is 0.0577 e. The van der Waals surface area contributed by atoms with Crippen LogP contribution in [0.5, 0.6) is 0 Å². The summed E-state index contributed by atoms with van der Waals surface area (Å²) in [7, 11) is 0. The zero-order chi connectivity index (χ0) is 106. The summed E-state index contributed by atoms with van der Waals surface area (Å²) in [6.45, 7) is 60.9. The monoisotopic (exact) mass is 1940 g/mol. The van der Waals surface area contributed by atoms with Gasteiger partial charge >= 0.3 is 0 Å². The molecule has 0 fully saturated rings. The molecule has 0 N–H and O–H groups in total. The van der Waals surface area contributed by atoms with Gasteiger partial charge in [0.05, 0.1) is 16.6 Å². The predicted molar refractivity (Wildman–Crippen MR) is 667 cm³/mol. The molecule has 25 aromatic rings. The average Bonchev–Trinajstić information content (AvgIpc) is 1.53. The average molecular weight is 1940 g/mol. The van der Waals surface area contributed by atoms with Crippen LogP contribution in [0.1, 0.15) is 238 Å². The highest BCUT2D eigenvalue weighted by Crippen LogP contribution is 2.57. The molecule has 29 rings (SSSR count). The SMILES string of the molecule is CC.CC.CC.CC.CC.CC.CC.CC.CC.CC.CC.CC.CCn1c2ccc3c(c2c2c4ccccc4ccc21)-c1cc2ccccc2cc1C3.CCn1c2ccccc2c2c3c(c4ccccc4c21)Cc1c-3c2ccccc2c2ccccc12.CCn1c2ccccc2c2c3c(c4ccccc4c21)Cc1cc2ccccc2cc1-3.CCn1c2ccccc2c2c3c(c4ccccc4c21)Cc1ccc2ccccc2c1-3. The van der Waals surface area contributed by atoms with Gasteiger partial charge < -0.3 is 18.3 Å². The first-order valence-electron chi connectivity index (χ1n) is 56.7. The lowest BCUT2D eigenvalue weighted by molar-refractivity contribution is 0.827. The Balaban J connectivity index is 0.000000146. The van der Waals surface area contributed by atoms with Crippen molar-refractivity contribution in [3.8, 4) is 44.5 Å². The molecule has 0 aliphatic heterocycles. The summed E-state index contributed by atoms with van der Waals surface area (Å²) in [5.74, 6) is 0. The number of aromatic nitrogens is 4. The fourth-order valence-electron chi connectivity index (χ4n) is 23.9. The molecule has 0 spiro atoms. The van der Waals surface area contributed by atoms with Crippen molar-refractivity contribution in [1.29, 1.82) is 0 Å². The molecular weight excluding hydrogens is 1790 g/mol. The van der Waals surface area contributed by atoms with Gasteiger partial charge in [0.2, 0.25) is 0 Å². The fourth-order valence-corrected chi connectivity index (χ4v) is 23.9. The largest absolute Gasteiger partial charge is 0.341 e. The van der Waals surface area contributed by atoms with Crippen LogP contribution in [0, 0.1) is 0 Å². The first-order chi connectivity index (χ1) is 73.4. The lowest BCUT2D eigenvalue weighted by Crippen LogP contribution is -1.95. The van der Waals surface area contributed by atoms with Crippen molar-refractivity contribution in [3.05, 3.63) is 396 Å². The third kappa shape index (κ3) is 18.3. The molecular formula is C144H158N4. The third-order valence-corrected chi connectivity index (χ3v) is 28.9. The molecule has 0 saturated carbocycles. The van der Waals surface area contributed by atoms with Crippen molar-refractivity contribution in [1.82, 2.24) is 18.3 Å². The Labute approximate surface area is 882 Å². The van der Waals surface area contributed by atoms with Crippen LogP contribution < -0.4 is 0 Å². The zero-order valence-electron chi connectivity index (χ0n) is 93.9. The van der Waals surface area contributed by atoms with Crippen LogP contribution in [0.4, 0.5) is 0 Å². The van der Waals surface area contributed by atoms with Crippen molar-refractivity contribution in [2.45, 2.75) is 246 Å². The molecule has 4 aliphatic carbocycles. The molecule has 0 amide bonds. The number of aryl methyl sites for hydroxylation is 4. The van der Waals surface area contributed by atoms with Gasteiger partial charge in [-0.3, -0.25) is 0 Å². The fraction of sp³-hybridized carbons (Fsp3) is 0.250. The van der Waals surface area contributed by atoms with E-state index in [9.17, 15) is 0 Å². The van der Waals surface area contributed by atoms with Gasteiger partial charge in [-0.2, -0.15) is 0 Å². The van der Waals surface area contributed by atoms with Crippen molar-refractivity contribution in [3.63, 3.8) is 0 Å². The van der Waals surface area contributed by atoms with Gasteiger partial charge in [-0.25, -0.2) is 0 Å². The first-order valence-corrected chi connectivity index (χ1v) is 56.7. The van der Waals surface area contributed by atoms with Crippen LogP contribution in [-0.4, -0.2) is 18.3 Å². The molecule has 4 heterocycles. The number of fused-ring (bicyclic) bond motifs is 48. The number of nitrogens with zero attached hydrogens (tertiary/aromatic N) is 4. The van der Waals surface area contributed by atoms with Crippen LogP contribution in [0.15, 0.2) is 352 Å². The van der Waals surface area contributed by atoms with Gasteiger partial charge in [0, 0.05) is 113 Å². The van der Waals surface area contributed by atoms with E-state index in [4.69, 9.17) is 0 Å². The summed E-state index contributed by atoms with van der Waals surface area (Å²) in [6.07, 6.45) is 4.03. The Hall–Kier alpha value is -14.8. The Kier molecular flexibility index (Phi) is 36.8. The van der Waals surface area contributed by atoms with Gasteiger partial charge in [-0.15, -0.1) is 0 Å². The minimum Gasteiger partial charge on any atom is -0.341 e. The number of benzene rings is 21. The maximum atomic E-state index is 2.52. The van der Waals surface area contributed by atoms with Gasteiger partial charge in [0.1, 0.15) is 0 Å². The molecule has 0 saturated heterocycles. The van der Waals surface area contributed by atoms with Crippen molar-refractivity contribution in [2.24, 2.45) is 0 Å². The molecule has 21 aromatic carbocycles. The highest BCUT2D eigenvalue weighted by molar-refractivity contribution is 6.33. The molecule has 148 heavy (non-hydrogen) atoms. The van der Waals surface area contributed by atoms with Gasteiger partial charge in [-0.05, 0) is 266 Å². The molecule has 0 bridgehead atoms. The van der Waals surface area contributed by atoms with E-state index in [1.165, 1.54) is 273 Å². The molecule has 0 radical (unpaired) electrons. The Morgan fingerprint density at radius 3 is 0.851 bits per heavy atom. The van der Waals surface area contributed by atoms with Gasteiger partial charge in [-0.1, -0.05) is 476 Å². The van der Waals surface area contributed by atoms with Crippen molar-refractivity contribution in [2.75, 3.05) is 0 Å². The van der Waals surface area contributed by atoms with E-state index in [1.54, 1.807) is 0 Å². The summed E-state index contributed by atoms with van der Waals surface area (Å²) in [4.78, 5) is 0. The second-order valence-electron chi connectivity index (χ2n) is 34.8. The molecule has 4 heteroatoms. The number of para-hydroxylation sites is 3. The highest BCUT2D eigenvalue weighted by atomic mass is 15.0. The first kappa shape index (κ1) is 109. The molecule has 754 valence electrons. The molecule has 4 aromatic heterocycles. The number of hydrogen-bond donors (Lipinski definition) is 0. The summed E-state index contributed by atoms with van der Waals surface area (Å²) in [5, 5.41) is 35.7. The number of rotatable bonds is 4. The van der Waals surface area contributed by atoms with E-state index < -0.39 is 0 Å². The van der Waals surface area contributed by atoms with Crippen molar-refractivity contribution < 1.29 is 0 Å². The third-order valence-electron chi connectivity index (χ3n) is 28.9. The summed E-state index contributed by atoms with van der Waals surface area (Å²) >= 11 is 0. The van der Waals surface area contributed by atoms with E-state index in [1.807, 2.05) is 166 Å². The van der Waals surface area contributed by atoms with E-state index >= 15 is 0 Å². The molecule has 0 atom stereocenters. The second-order valence-corrected chi connectivity index (χ2v) is 34.8. The number of hydrogen-bond acceptors (Lipinski definition) is 0. The standard InChI is InChI=1S/C33H23N.3C29H21N.12C2H6/c1-2-34-29-18-10-9-17-26(29)32-31-28(23-14-6-8-16-25(23)33(32)34)19-27-22-13-4-3-11-20(22)21-12-5-7-15-24(21)30(27)31;1-2-30-26-14-8-7-13-23(26)28-27-24-16-19-10-4-3-9-18(19)15-20(24)17-25(27)21-11-5-6-12-22(21)29(28)30;1-2-30-25-14-8-7-13-23(25)28-27-24(21-11-5-6-12-22(21)29(28)30)17-19-16-15-18-9-3-4-10-20(18)26(19)27;1-2-30-25-13-11-18-7-5-6-10-23(18)28(25)29-26(30)14-12-21-16-22-15-19-8-3-4-9-20(19)17-24(22)27(21)29;12*1-2/h3-18H,2,19H2,1H3;2*3-16H,2,17H2,1H3;3-15,17H,2,16H2,1H3;12*1-2H3. The molecule has 4 aliphatic rings. The lowest BCUT2D eigenvalue weighted by Gasteiger charge is -2.14. The van der Waals surface area contributed by atoms with Crippen LogP contribution in [0.3, 0.4) is 0 Å². The highest BCUT2D eigenvalue weighted by Gasteiger charge is 2.35. The molecule has 0 unspecified atom stereocenters. The topological polar surface area (TPSA) is 19.7 Å². The van der Waals surface area contributed by atoms with E-state index in [0.29, 0.717) is 0 Å². The normalized spacial score (nSPS) is 11.2. The Morgan fingerprint density at radius 1 is 0.155 bits per heavy atom. The summed E-state index contributed by atoms with van der Waals surface area (Å²) in [5.41, 5.74) is 34.1. The summed E-state index contributed by atoms with van der Waals surface area (Å²) < 4.78 is 10.0. The maximum absolute atomic E-state index is 2.52. The molecule has 4 nitrogen and oxygen atoms in total. The van der Waals surface area contributed by atoms with Crippen LogP contribution >= 0.6 is 0 Å². The van der Waals surface area contributed by atoms with Crippen LogP contribution in [-0.2, 0) is 51.9 Å². The zero-order valence-corrected chi connectivity index (χ0v) is 93.9. The minimum absolute atomic E-state index is 0.956. The summed E-state index contributed by atoms with van der Waals surface area (Å²) in [6, 6.07) is 131. The van der Waals surface area contributed by atoms with Crippen LogP contribution in [0.2, 0.25) is 0 Å².